The van der Waals surface area contributed by atoms with Gasteiger partial charge in [0, 0.05) is 25.5 Å². The molecule has 0 aliphatic carbocycles. The van der Waals surface area contributed by atoms with Crippen molar-refractivity contribution in [3.8, 4) is 0 Å². The molecule has 2 aromatic rings. The lowest BCUT2D eigenvalue weighted by Gasteiger charge is -2.38. The Morgan fingerprint density at radius 1 is 1.38 bits per heavy atom. The number of aryl methyl sites for hydroxylation is 1. The average Bonchev–Trinajstić information content (AvgIpc) is 2.96. The molecule has 0 atom stereocenters. The van der Waals surface area contributed by atoms with Crippen LogP contribution in [0.15, 0.2) is 5.38 Å². The molecule has 0 unspecified atom stereocenters. The fourth-order valence-electron chi connectivity index (χ4n) is 2.62. The van der Waals surface area contributed by atoms with Gasteiger partial charge in [0.1, 0.15) is 5.82 Å². The molecule has 0 spiro atoms. The SMILES string of the molecule is Cc1nc(Cc2nnc(N3CCOC(C)(C)C3)n2C)cs1. The topological polar surface area (TPSA) is 56.1 Å². The Bertz CT molecular complexity index is 633. The molecular weight excluding hydrogens is 286 g/mol. The number of nitrogens with zero attached hydrogens (tertiary/aromatic N) is 5. The maximum Gasteiger partial charge on any atom is 0.227 e. The number of thiazole rings is 1. The van der Waals surface area contributed by atoms with E-state index in [2.05, 4.69) is 43.9 Å². The Balaban J connectivity index is 1.79. The van der Waals surface area contributed by atoms with Crippen molar-refractivity contribution in [2.24, 2.45) is 7.05 Å². The van der Waals surface area contributed by atoms with E-state index in [4.69, 9.17) is 4.74 Å². The van der Waals surface area contributed by atoms with Crippen LogP contribution in [0.1, 0.15) is 30.4 Å². The number of hydrogen-bond acceptors (Lipinski definition) is 6. The predicted octanol–water partition coefficient (Wildman–Crippen LogP) is 1.79. The molecule has 0 N–H and O–H groups in total. The first-order chi connectivity index (χ1) is 9.94. The lowest BCUT2D eigenvalue weighted by atomic mass is 10.1. The van der Waals surface area contributed by atoms with Gasteiger partial charge >= 0.3 is 0 Å². The largest absolute Gasteiger partial charge is 0.372 e. The molecular formula is C14H21N5OS. The molecule has 6 nitrogen and oxygen atoms in total. The molecule has 7 heteroatoms. The fraction of sp³-hybridized carbons (Fsp3) is 0.643. The van der Waals surface area contributed by atoms with Gasteiger partial charge in [0.15, 0.2) is 0 Å². The summed E-state index contributed by atoms with van der Waals surface area (Å²) >= 11 is 1.67. The second-order valence-electron chi connectivity index (χ2n) is 6.04. The van der Waals surface area contributed by atoms with Gasteiger partial charge in [0.2, 0.25) is 5.95 Å². The van der Waals surface area contributed by atoms with Gasteiger partial charge in [-0.05, 0) is 20.8 Å². The predicted molar refractivity (Wildman–Crippen MR) is 82.9 cm³/mol. The summed E-state index contributed by atoms with van der Waals surface area (Å²) in [6.07, 6.45) is 0.724. The van der Waals surface area contributed by atoms with Gasteiger partial charge in [0.05, 0.1) is 29.3 Å². The van der Waals surface area contributed by atoms with Crippen LogP contribution in [-0.4, -0.2) is 45.0 Å². The van der Waals surface area contributed by atoms with Crippen molar-refractivity contribution in [1.82, 2.24) is 19.7 Å². The number of ether oxygens (including phenoxy) is 1. The summed E-state index contributed by atoms with van der Waals surface area (Å²) < 4.78 is 7.82. The van der Waals surface area contributed by atoms with Crippen LogP contribution in [0.2, 0.25) is 0 Å². The Morgan fingerprint density at radius 2 is 2.19 bits per heavy atom. The van der Waals surface area contributed by atoms with Gasteiger partial charge in [-0.1, -0.05) is 0 Å². The van der Waals surface area contributed by atoms with Gasteiger partial charge in [-0.25, -0.2) is 4.98 Å². The van der Waals surface area contributed by atoms with Crippen LogP contribution in [0.5, 0.6) is 0 Å². The summed E-state index contributed by atoms with van der Waals surface area (Å²) in [5.41, 5.74) is 0.915. The van der Waals surface area contributed by atoms with Gasteiger partial charge in [-0.2, -0.15) is 0 Å². The second kappa shape index (κ2) is 5.38. The zero-order chi connectivity index (χ0) is 15.0. The third-order valence-corrected chi connectivity index (χ3v) is 4.48. The first-order valence-electron chi connectivity index (χ1n) is 7.13. The van der Waals surface area contributed by atoms with E-state index in [0.717, 1.165) is 48.6 Å². The molecule has 1 saturated heterocycles. The monoisotopic (exact) mass is 307 g/mol. The van der Waals surface area contributed by atoms with Crippen molar-refractivity contribution < 1.29 is 4.74 Å². The quantitative estimate of drug-likeness (QED) is 0.865. The molecule has 1 aliphatic heterocycles. The number of rotatable bonds is 3. The molecule has 0 bridgehead atoms. The van der Waals surface area contributed by atoms with Crippen LogP contribution < -0.4 is 4.90 Å². The molecule has 0 aromatic carbocycles. The van der Waals surface area contributed by atoms with Crippen molar-refractivity contribution in [3.05, 3.63) is 21.9 Å². The highest BCUT2D eigenvalue weighted by atomic mass is 32.1. The first kappa shape index (κ1) is 14.5. The van der Waals surface area contributed by atoms with E-state index in [-0.39, 0.29) is 5.60 Å². The van der Waals surface area contributed by atoms with Gasteiger partial charge in [0.25, 0.3) is 0 Å². The molecule has 0 amide bonds. The summed E-state index contributed by atoms with van der Waals surface area (Å²) in [7, 11) is 2.02. The smallest absolute Gasteiger partial charge is 0.227 e. The first-order valence-corrected chi connectivity index (χ1v) is 8.01. The van der Waals surface area contributed by atoms with E-state index < -0.39 is 0 Å². The minimum Gasteiger partial charge on any atom is -0.372 e. The number of anilines is 1. The maximum absolute atomic E-state index is 5.75. The molecule has 3 rings (SSSR count). The van der Waals surface area contributed by atoms with E-state index in [0.29, 0.717) is 0 Å². The average molecular weight is 307 g/mol. The third kappa shape index (κ3) is 3.08. The zero-order valence-corrected chi connectivity index (χ0v) is 13.8. The molecule has 1 aliphatic rings. The van der Waals surface area contributed by atoms with Crippen LogP contribution in [0, 0.1) is 6.92 Å². The van der Waals surface area contributed by atoms with Crippen LogP contribution in [0.25, 0.3) is 0 Å². The Hall–Kier alpha value is -1.47. The lowest BCUT2D eigenvalue weighted by molar-refractivity contribution is -0.0282. The highest BCUT2D eigenvalue weighted by Crippen LogP contribution is 2.22. The van der Waals surface area contributed by atoms with E-state index in [1.807, 2.05) is 14.0 Å². The Labute approximate surface area is 128 Å². The standard InChI is InChI=1S/C14H21N5OS/c1-10-15-11(8-21-10)7-12-16-17-13(18(12)4)19-5-6-20-14(2,3)9-19/h8H,5-7,9H2,1-4H3. The fourth-order valence-corrected chi connectivity index (χ4v) is 3.23. The molecule has 0 saturated carbocycles. The molecule has 3 heterocycles. The second-order valence-corrected chi connectivity index (χ2v) is 7.10. The lowest BCUT2D eigenvalue weighted by Crippen LogP contribution is -2.49. The van der Waals surface area contributed by atoms with Crippen LogP contribution in [0.4, 0.5) is 5.95 Å². The van der Waals surface area contributed by atoms with Crippen molar-refractivity contribution in [2.75, 3.05) is 24.6 Å². The summed E-state index contributed by atoms with van der Waals surface area (Å²) in [5, 5.41) is 11.9. The minimum atomic E-state index is -0.142. The molecule has 2 aromatic heterocycles. The van der Waals surface area contributed by atoms with E-state index in [9.17, 15) is 0 Å². The number of hydrogen-bond donors (Lipinski definition) is 0. The highest BCUT2D eigenvalue weighted by molar-refractivity contribution is 7.09. The molecule has 21 heavy (non-hydrogen) atoms. The van der Waals surface area contributed by atoms with Crippen LogP contribution >= 0.6 is 11.3 Å². The normalized spacial score (nSPS) is 18.2. The van der Waals surface area contributed by atoms with Crippen LogP contribution in [0.3, 0.4) is 0 Å². The third-order valence-electron chi connectivity index (χ3n) is 3.66. The van der Waals surface area contributed by atoms with Crippen molar-refractivity contribution in [2.45, 2.75) is 32.8 Å². The summed E-state index contributed by atoms with van der Waals surface area (Å²) in [6, 6.07) is 0. The van der Waals surface area contributed by atoms with Crippen molar-refractivity contribution in [1.29, 1.82) is 0 Å². The van der Waals surface area contributed by atoms with Gasteiger partial charge in [-0.15, -0.1) is 21.5 Å². The highest BCUT2D eigenvalue weighted by Gasteiger charge is 2.29. The number of aromatic nitrogens is 4. The number of morpholine rings is 1. The van der Waals surface area contributed by atoms with Crippen LogP contribution in [-0.2, 0) is 18.2 Å². The van der Waals surface area contributed by atoms with Gasteiger partial charge < -0.3 is 14.2 Å². The van der Waals surface area contributed by atoms with Crippen molar-refractivity contribution >= 4 is 17.3 Å². The summed E-state index contributed by atoms with van der Waals surface area (Å²) in [5.74, 6) is 1.85. The molecule has 1 fully saturated rings. The van der Waals surface area contributed by atoms with E-state index in [1.165, 1.54) is 0 Å². The summed E-state index contributed by atoms with van der Waals surface area (Å²) in [4.78, 5) is 6.74. The van der Waals surface area contributed by atoms with Gasteiger partial charge in [-0.3, -0.25) is 0 Å². The molecule has 0 radical (unpaired) electrons. The maximum atomic E-state index is 5.75. The van der Waals surface area contributed by atoms with Crippen molar-refractivity contribution in [3.63, 3.8) is 0 Å². The Kier molecular flexibility index (Phi) is 3.71. The van der Waals surface area contributed by atoms with E-state index >= 15 is 0 Å². The Morgan fingerprint density at radius 3 is 2.86 bits per heavy atom. The molecule has 114 valence electrons. The summed E-state index contributed by atoms with van der Waals surface area (Å²) in [6.45, 7) is 8.63. The van der Waals surface area contributed by atoms with E-state index in [1.54, 1.807) is 11.3 Å². The zero-order valence-electron chi connectivity index (χ0n) is 13.0. The minimum absolute atomic E-state index is 0.142.